The van der Waals surface area contributed by atoms with E-state index in [1.54, 1.807) is 24.3 Å². The van der Waals surface area contributed by atoms with Crippen LogP contribution < -0.4 is 21.5 Å². The summed E-state index contributed by atoms with van der Waals surface area (Å²) >= 11 is 0. The van der Waals surface area contributed by atoms with E-state index in [1.165, 1.54) is 24.3 Å². The smallest absolute Gasteiger partial charge is 0.269 e. The molecule has 3 aromatic rings. The maximum atomic E-state index is 10.7. The van der Waals surface area contributed by atoms with Crippen molar-refractivity contribution < 1.29 is 31.4 Å². The summed E-state index contributed by atoms with van der Waals surface area (Å²) in [4.78, 5) is 20.5. The lowest BCUT2D eigenvalue weighted by molar-refractivity contribution is -0.687. The van der Waals surface area contributed by atoms with Gasteiger partial charge in [0.1, 0.15) is 25.5 Å². The van der Waals surface area contributed by atoms with Crippen molar-refractivity contribution in [3.63, 3.8) is 0 Å². The van der Waals surface area contributed by atoms with Gasteiger partial charge in [-0.1, -0.05) is 0 Å². The molecule has 0 fully saturated rings. The summed E-state index contributed by atoms with van der Waals surface area (Å²) in [5.74, 6) is 0. The summed E-state index contributed by atoms with van der Waals surface area (Å²) in [6.45, 7) is 1.20. The lowest BCUT2D eigenvalue weighted by Crippen LogP contribution is -3.00. The van der Waals surface area contributed by atoms with Crippen LogP contribution >= 0.6 is 0 Å². The molecular formula is C17H15BrN4O4. The van der Waals surface area contributed by atoms with Crippen LogP contribution in [0.15, 0.2) is 67.3 Å². The Morgan fingerprint density at radius 3 is 1.85 bits per heavy atom. The molecule has 0 aliphatic carbocycles. The summed E-state index contributed by atoms with van der Waals surface area (Å²) in [6, 6.07) is 12.9. The van der Waals surface area contributed by atoms with E-state index in [2.05, 4.69) is 0 Å². The molecule has 8 nitrogen and oxygen atoms in total. The molecule has 1 aromatic heterocycles. The van der Waals surface area contributed by atoms with Crippen LogP contribution in [0.3, 0.4) is 0 Å². The number of benzene rings is 2. The number of hydrogen-bond acceptors (Lipinski definition) is 4. The van der Waals surface area contributed by atoms with Gasteiger partial charge in [-0.25, -0.2) is 9.13 Å². The molecule has 2 aromatic carbocycles. The molecule has 0 N–H and O–H groups in total. The number of nitrogens with zero attached hydrogens (tertiary/aromatic N) is 4. The Labute approximate surface area is 159 Å². The minimum Gasteiger partial charge on any atom is -1.00 e. The second-order valence-corrected chi connectivity index (χ2v) is 5.61. The fraction of sp³-hybridized carbons (Fsp3) is 0.118. The molecule has 0 aliphatic rings. The fourth-order valence-electron chi connectivity index (χ4n) is 2.49. The average Bonchev–Trinajstić information content (AvgIpc) is 3.02. The normalized spacial score (nSPS) is 10.2. The molecule has 0 saturated heterocycles. The highest BCUT2D eigenvalue weighted by atomic mass is 79.9. The fourth-order valence-corrected chi connectivity index (χ4v) is 2.49. The molecule has 0 bridgehead atoms. The zero-order chi connectivity index (χ0) is 17.8. The zero-order valence-corrected chi connectivity index (χ0v) is 15.2. The largest absolute Gasteiger partial charge is 1.00 e. The van der Waals surface area contributed by atoms with Crippen molar-refractivity contribution in [1.82, 2.24) is 4.57 Å². The van der Waals surface area contributed by atoms with E-state index in [-0.39, 0.29) is 28.4 Å². The van der Waals surface area contributed by atoms with Crippen LogP contribution in [0.25, 0.3) is 0 Å². The summed E-state index contributed by atoms with van der Waals surface area (Å²) < 4.78 is 3.93. The predicted octanol–water partition coefficient (Wildman–Crippen LogP) is -0.307. The Kier molecular flexibility index (Phi) is 6.18. The van der Waals surface area contributed by atoms with E-state index >= 15 is 0 Å². The number of imidazole rings is 1. The summed E-state index contributed by atoms with van der Waals surface area (Å²) in [5.41, 5.74) is 2.07. The lowest BCUT2D eigenvalue weighted by atomic mass is 10.2. The van der Waals surface area contributed by atoms with Gasteiger partial charge in [0.05, 0.1) is 9.85 Å². The molecule has 9 heteroatoms. The van der Waals surface area contributed by atoms with E-state index in [9.17, 15) is 20.2 Å². The minimum atomic E-state index is -0.419. The van der Waals surface area contributed by atoms with Gasteiger partial charge in [-0.05, 0) is 35.4 Å². The second-order valence-electron chi connectivity index (χ2n) is 5.61. The van der Waals surface area contributed by atoms with E-state index in [0.717, 1.165) is 11.1 Å². The van der Waals surface area contributed by atoms with Crippen molar-refractivity contribution in [2.75, 3.05) is 0 Å². The van der Waals surface area contributed by atoms with E-state index in [4.69, 9.17) is 0 Å². The van der Waals surface area contributed by atoms with Crippen LogP contribution in [0.5, 0.6) is 0 Å². The van der Waals surface area contributed by atoms with E-state index in [0.29, 0.717) is 13.1 Å². The number of hydrogen-bond donors (Lipinski definition) is 0. The van der Waals surface area contributed by atoms with Crippen LogP contribution in [0.4, 0.5) is 11.4 Å². The third kappa shape index (κ3) is 4.73. The second kappa shape index (κ2) is 8.34. The number of nitro groups is 2. The molecule has 134 valence electrons. The van der Waals surface area contributed by atoms with Crippen molar-refractivity contribution in [2.45, 2.75) is 13.1 Å². The van der Waals surface area contributed by atoms with Gasteiger partial charge in [0, 0.05) is 24.3 Å². The van der Waals surface area contributed by atoms with Crippen molar-refractivity contribution in [3.05, 3.63) is 98.6 Å². The van der Waals surface area contributed by atoms with Crippen LogP contribution in [-0.2, 0) is 13.1 Å². The Hall–Kier alpha value is -3.07. The minimum absolute atomic E-state index is 0. The molecule has 0 atom stereocenters. The van der Waals surface area contributed by atoms with E-state index < -0.39 is 9.85 Å². The molecule has 0 amide bonds. The van der Waals surface area contributed by atoms with Crippen molar-refractivity contribution in [3.8, 4) is 0 Å². The van der Waals surface area contributed by atoms with Crippen LogP contribution in [0.1, 0.15) is 11.1 Å². The number of halogens is 1. The number of aromatic nitrogens is 2. The molecule has 1 heterocycles. The Bertz CT molecular complexity index is 833. The van der Waals surface area contributed by atoms with Gasteiger partial charge in [0.2, 0.25) is 6.33 Å². The van der Waals surface area contributed by atoms with Crippen molar-refractivity contribution >= 4 is 11.4 Å². The zero-order valence-electron chi connectivity index (χ0n) is 13.6. The third-order valence-electron chi connectivity index (χ3n) is 3.77. The molecule has 0 aliphatic heterocycles. The maximum absolute atomic E-state index is 10.7. The molecule has 0 saturated carbocycles. The van der Waals surface area contributed by atoms with Gasteiger partial charge in [-0.2, -0.15) is 0 Å². The first-order valence-corrected chi connectivity index (χ1v) is 7.53. The number of nitro benzene ring substituents is 2. The highest BCUT2D eigenvalue weighted by molar-refractivity contribution is 5.33. The van der Waals surface area contributed by atoms with Gasteiger partial charge >= 0.3 is 0 Å². The van der Waals surface area contributed by atoms with Crippen LogP contribution in [0.2, 0.25) is 0 Å². The van der Waals surface area contributed by atoms with Crippen molar-refractivity contribution in [2.24, 2.45) is 0 Å². The van der Waals surface area contributed by atoms with Crippen LogP contribution in [-0.4, -0.2) is 14.4 Å². The third-order valence-corrected chi connectivity index (χ3v) is 3.77. The van der Waals surface area contributed by atoms with E-state index in [1.807, 2.05) is 27.9 Å². The Morgan fingerprint density at radius 2 is 1.35 bits per heavy atom. The first-order chi connectivity index (χ1) is 12.0. The predicted molar refractivity (Wildman–Crippen MR) is 89.0 cm³/mol. The Morgan fingerprint density at radius 1 is 0.846 bits per heavy atom. The highest BCUT2D eigenvalue weighted by Gasteiger charge is 2.09. The summed E-state index contributed by atoms with van der Waals surface area (Å²) in [7, 11) is 0. The van der Waals surface area contributed by atoms with Gasteiger partial charge in [-0.15, -0.1) is 0 Å². The molecular weight excluding hydrogens is 404 g/mol. The lowest BCUT2D eigenvalue weighted by Gasteiger charge is -1.99. The number of non-ortho nitro benzene ring substituents is 2. The maximum Gasteiger partial charge on any atom is 0.269 e. The first kappa shape index (κ1) is 19.3. The Balaban J connectivity index is 0.00000243. The molecule has 0 spiro atoms. The monoisotopic (exact) mass is 418 g/mol. The van der Waals surface area contributed by atoms with Gasteiger partial charge < -0.3 is 17.0 Å². The quantitative estimate of drug-likeness (QED) is 0.311. The van der Waals surface area contributed by atoms with Crippen molar-refractivity contribution in [1.29, 1.82) is 0 Å². The molecule has 3 rings (SSSR count). The topological polar surface area (TPSA) is 95.1 Å². The standard InChI is InChI=1S/C17H15N4O4.BrH/c22-20(23)16-5-1-14(2-6-16)11-18-9-10-19(13-18)12-15-3-7-17(8-4-15)21(24)25;/h1-10,13H,11-12H2;1H/q+1;/p-1. The summed E-state index contributed by atoms with van der Waals surface area (Å²) in [5, 5.41) is 21.3. The average molecular weight is 419 g/mol. The number of rotatable bonds is 6. The van der Waals surface area contributed by atoms with Gasteiger partial charge in [0.25, 0.3) is 11.4 Å². The highest BCUT2D eigenvalue weighted by Crippen LogP contribution is 2.13. The summed E-state index contributed by atoms with van der Waals surface area (Å²) in [6.07, 6.45) is 5.74. The molecule has 0 unspecified atom stereocenters. The molecule has 26 heavy (non-hydrogen) atoms. The first-order valence-electron chi connectivity index (χ1n) is 7.53. The van der Waals surface area contributed by atoms with Gasteiger partial charge in [0.15, 0.2) is 0 Å². The van der Waals surface area contributed by atoms with Gasteiger partial charge in [-0.3, -0.25) is 20.2 Å². The SMILES string of the molecule is O=[N+]([O-])c1ccc(Cn2cc[n+](Cc3ccc([N+](=O)[O-])cc3)c2)cc1.[Br-]. The van der Waals surface area contributed by atoms with Crippen LogP contribution in [0, 0.1) is 20.2 Å². The molecule has 0 radical (unpaired) electrons.